The summed E-state index contributed by atoms with van der Waals surface area (Å²) in [5.74, 6) is -5.80. The lowest BCUT2D eigenvalue weighted by Gasteiger charge is -2.33. The van der Waals surface area contributed by atoms with Crippen LogP contribution in [-0.4, -0.2) is 48.2 Å². The molecule has 5 nitrogen and oxygen atoms in total. The Morgan fingerprint density at radius 2 is 1.71 bits per heavy atom. The Kier molecular flexibility index (Phi) is 6.63. The highest BCUT2D eigenvalue weighted by Gasteiger charge is 2.52. The van der Waals surface area contributed by atoms with Gasteiger partial charge in [-0.3, -0.25) is 4.79 Å². The summed E-state index contributed by atoms with van der Waals surface area (Å²) in [6.45, 7) is 0.439. The van der Waals surface area contributed by atoms with E-state index in [-0.39, 0.29) is 18.9 Å². The zero-order valence-electron chi connectivity index (χ0n) is 14.9. The van der Waals surface area contributed by atoms with Gasteiger partial charge in [0.2, 0.25) is 5.91 Å². The Labute approximate surface area is 158 Å². The molecule has 1 aromatic carbocycles. The van der Waals surface area contributed by atoms with Crippen LogP contribution in [0.5, 0.6) is 0 Å². The van der Waals surface area contributed by atoms with E-state index in [0.29, 0.717) is 13.0 Å². The first-order chi connectivity index (χ1) is 13.0. The highest BCUT2D eigenvalue weighted by Crippen LogP contribution is 2.49. The number of aliphatic carboxylic acids is 1. The Morgan fingerprint density at radius 1 is 1.14 bits per heavy atom. The number of carboxylic acids is 1. The molecule has 1 amide bonds. The maximum atomic E-state index is 13.8. The monoisotopic (exact) mass is 408 g/mol. The van der Waals surface area contributed by atoms with Gasteiger partial charge < -0.3 is 15.7 Å². The summed E-state index contributed by atoms with van der Waals surface area (Å²) in [7, 11) is 0. The number of alkyl halides is 5. The normalized spacial score (nSPS) is 22.4. The van der Waals surface area contributed by atoms with Crippen LogP contribution in [0, 0.1) is 5.41 Å². The van der Waals surface area contributed by atoms with Crippen LogP contribution in [0.2, 0.25) is 0 Å². The highest BCUT2D eigenvalue weighted by atomic mass is 19.4. The van der Waals surface area contributed by atoms with Crippen LogP contribution in [0.4, 0.5) is 22.0 Å². The first-order valence-corrected chi connectivity index (χ1v) is 8.70. The highest BCUT2D eigenvalue weighted by molar-refractivity contribution is 5.86. The molecular formula is C18H21F5N2O3. The number of benzene rings is 1. The molecule has 1 aromatic rings. The minimum absolute atomic E-state index is 0.139. The van der Waals surface area contributed by atoms with Crippen molar-refractivity contribution in [1.82, 2.24) is 10.6 Å². The van der Waals surface area contributed by atoms with Gasteiger partial charge in [0.05, 0.1) is 5.41 Å². The Balaban J connectivity index is 0.000000345. The molecule has 2 aliphatic rings. The molecular weight excluding hydrogens is 387 g/mol. The molecule has 1 aliphatic carbocycles. The van der Waals surface area contributed by atoms with Crippen molar-refractivity contribution in [1.29, 1.82) is 0 Å². The van der Waals surface area contributed by atoms with Gasteiger partial charge in [-0.1, -0.05) is 30.3 Å². The molecule has 2 fully saturated rings. The van der Waals surface area contributed by atoms with E-state index < -0.39 is 29.5 Å². The van der Waals surface area contributed by atoms with Crippen LogP contribution < -0.4 is 10.6 Å². The summed E-state index contributed by atoms with van der Waals surface area (Å²) < 4.78 is 59.4. The van der Waals surface area contributed by atoms with Crippen molar-refractivity contribution in [3.05, 3.63) is 35.9 Å². The third-order valence-corrected chi connectivity index (χ3v) is 4.76. The van der Waals surface area contributed by atoms with E-state index in [1.54, 1.807) is 0 Å². The molecule has 3 N–H and O–H groups in total. The molecule has 0 unspecified atom stereocenters. The zero-order valence-corrected chi connectivity index (χ0v) is 14.9. The SMILES string of the molecule is O=C(N[C@@H]1CNCCC1(F)F)C1(Cc2ccccc2)CC1.O=C(O)C(F)(F)F. The topological polar surface area (TPSA) is 78.4 Å². The number of hydrogen-bond acceptors (Lipinski definition) is 3. The largest absolute Gasteiger partial charge is 0.490 e. The molecule has 1 atom stereocenters. The maximum Gasteiger partial charge on any atom is 0.490 e. The molecule has 3 rings (SSSR count). The third-order valence-electron chi connectivity index (χ3n) is 4.76. The lowest BCUT2D eigenvalue weighted by atomic mass is 9.94. The fraction of sp³-hybridized carbons (Fsp3) is 0.556. The van der Waals surface area contributed by atoms with E-state index in [2.05, 4.69) is 10.6 Å². The first-order valence-electron chi connectivity index (χ1n) is 8.70. The second-order valence-corrected chi connectivity index (χ2v) is 6.99. The fourth-order valence-corrected chi connectivity index (χ4v) is 2.91. The van der Waals surface area contributed by atoms with E-state index in [1.807, 2.05) is 30.3 Å². The van der Waals surface area contributed by atoms with Crippen molar-refractivity contribution in [2.75, 3.05) is 13.1 Å². The van der Waals surface area contributed by atoms with Crippen molar-refractivity contribution in [2.45, 2.75) is 43.8 Å². The van der Waals surface area contributed by atoms with E-state index in [1.165, 1.54) is 0 Å². The van der Waals surface area contributed by atoms with Gasteiger partial charge >= 0.3 is 12.1 Å². The predicted molar refractivity (Wildman–Crippen MR) is 89.9 cm³/mol. The fourth-order valence-electron chi connectivity index (χ4n) is 2.91. The van der Waals surface area contributed by atoms with E-state index in [9.17, 15) is 26.7 Å². The minimum atomic E-state index is -5.08. The number of carbonyl (C=O) groups excluding carboxylic acids is 1. The van der Waals surface area contributed by atoms with Crippen LogP contribution in [0.15, 0.2) is 30.3 Å². The summed E-state index contributed by atoms with van der Waals surface area (Å²) >= 11 is 0. The van der Waals surface area contributed by atoms with E-state index in [4.69, 9.17) is 9.90 Å². The molecule has 1 heterocycles. The summed E-state index contributed by atoms with van der Waals surface area (Å²) in [5.41, 5.74) is 0.605. The molecule has 1 saturated carbocycles. The quantitative estimate of drug-likeness (QED) is 0.670. The van der Waals surface area contributed by atoms with Crippen LogP contribution >= 0.6 is 0 Å². The van der Waals surface area contributed by atoms with Gasteiger partial charge in [0.25, 0.3) is 5.92 Å². The molecule has 156 valence electrons. The number of carboxylic acid groups (broad SMARTS) is 1. The molecule has 1 aliphatic heterocycles. The van der Waals surface area contributed by atoms with E-state index >= 15 is 0 Å². The van der Waals surface area contributed by atoms with Crippen LogP contribution in [0.1, 0.15) is 24.8 Å². The smallest absolute Gasteiger partial charge is 0.475 e. The summed E-state index contributed by atoms with van der Waals surface area (Å²) in [6.07, 6.45) is -3.12. The Hall–Kier alpha value is -2.23. The van der Waals surface area contributed by atoms with Crippen molar-refractivity contribution in [3.8, 4) is 0 Å². The van der Waals surface area contributed by atoms with Crippen LogP contribution in [0.25, 0.3) is 0 Å². The van der Waals surface area contributed by atoms with E-state index in [0.717, 1.165) is 18.4 Å². The summed E-state index contributed by atoms with van der Waals surface area (Å²) in [4.78, 5) is 21.3. The number of amides is 1. The van der Waals surface area contributed by atoms with Gasteiger partial charge in [-0.2, -0.15) is 13.2 Å². The van der Waals surface area contributed by atoms with Gasteiger partial charge in [0.1, 0.15) is 6.04 Å². The Morgan fingerprint density at radius 3 is 2.18 bits per heavy atom. The predicted octanol–water partition coefficient (Wildman–Crippen LogP) is 2.76. The molecule has 28 heavy (non-hydrogen) atoms. The number of nitrogens with one attached hydrogen (secondary N) is 2. The summed E-state index contributed by atoms with van der Waals surface area (Å²) in [6, 6.07) is 8.66. The zero-order chi connectivity index (χ0) is 21.0. The number of halogens is 5. The van der Waals surface area contributed by atoms with Crippen molar-refractivity contribution in [2.24, 2.45) is 5.41 Å². The van der Waals surface area contributed by atoms with Gasteiger partial charge in [-0.25, -0.2) is 13.6 Å². The average molecular weight is 408 g/mol. The van der Waals surface area contributed by atoms with Gasteiger partial charge in [0, 0.05) is 19.5 Å². The minimum Gasteiger partial charge on any atom is -0.475 e. The number of piperidine rings is 1. The average Bonchev–Trinajstić information content (AvgIpc) is 3.38. The molecule has 1 saturated heterocycles. The first kappa shape index (κ1) is 22.1. The molecule has 0 radical (unpaired) electrons. The maximum absolute atomic E-state index is 13.8. The lowest BCUT2D eigenvalue weighted by molar-refractivity contribution is -0.192. The van der Waals surface area contributed by atoms with Crippen LogP contribution in [0.3, 0.4) is 0 Å². The van der Waals surface area contributed by atoms with Crippen molar-refractivity contribution in [3.63, 3.8) is 0 Å². The number of carbonyl (C=O) groups is 2. The molecule has 0 aromatic heterocycles. The molecule has 0 bridgehead atoms. The second kappa shape index (κ2) is 8.42. The number of rotatable bonds is 4. The summed E-state index contributed by atoms with van der Waals surface area (Å²) in [5, 5.41) is 12.6. The van der Waals surface area contributed by atoms with Crippen LogP contribution in [-0.2, 0) is 16.0 Å². The third kappa shape index (κ3) is 5.88. The van der Waals surface area contributed by atoms with Gasteiger partial charge in [-0.05, 0) is 24.8 Å². The van der Waals surface area contributed by atoms with Gasteiger partial charge in [-0.15, -0.1) is 0 Å². The molecule has 0 spiro atoms. The number of hydrogen-bond donors (Lipinski definition) is 3. The van der Waals surface area contributed by atoms with Crippen molar-refractivity contribution >= 4 is 11.9 Å². The van der Waals surface area contributed by atoms with Crippen molar-refractivity contribution < 1.29 is 36.6 Å². The lowest BCUT2D eigenvalue weighted by Crippen LogP contribution is -2.58. The Bertz CT molecular complexity index is 690. The second-order valence-electron chi connectivity index (χ2n) is 6.99. The molecule has 10 heteroatoms. The standard InChI is InChI=1S/C16H20F2N2O.C2HF3O2/c17-16(18)8-9-19-11-13(16)20-14(21)15(6-7-15)10-12-4-2-1-3-5-12;3-2(4,5)1(6)7/h1-5,13,19H,6-11H2,(H,20,21);(H,6,7)/t13-;/m1./s1. The van der Waals surface area contributed by atoms with Gasteiger partial charge in [0.15, 0.2) is 0 Å².